The average Bonchev–Trinajstić information content (AvgIpc) is 2.48. The minimum atomic E-state index is -0.0107. The number of thiazole rings is 1. The average molecular weight is 245 g/mol. The number of rotatable bonds is 1. The molecule has 82 valence electrons. The Morgan fingerprint density at radius 2 is 2.40 bits per heavy atom. The standard InChI is InChI=1S/C10H13ClN2OS/c1-7-12-8-4-2-3-5-13(9(14)6-11)10(8)15-7/h2-6H2,1H3. The molecule has 0 spiro atoms. The van der Waals surface area contributed by atoms with E-state index in [1.807, 2.05) is 6.92 Å². The molecular formula is C10H13ClN2OS. The van der Waals surface area contributed by atoms with Crippen LogP contribution in [0, 0.1) is 6.92 Å². The van der Waals surface area contributed by atoms with Crippen LogP contribution in [-0.2, 0) is 11.2 Å². The topological polar surface area (TPSA) is 33.2 Å². The van der Waals surface area contributed by atoms with Gasteiger partial charge in [-0.05, 0) is 26.2 Å². The summed E-state index contributed by atoms with van der Waals surface area (Å²) in [5.74, 6) is 0.0413. The first-order chi connectivity index (χ1) is 7.22. The van der Waals surface area contributed by atoms with Crippen molar-refractivity contribution >= 4 is 33.8 Å². The lowest BCUT2D eigenvalue weighted by molar-refractivity contribution is -0.116. The number of nitrogens with zero attached hydrogens (tertiary/aromatic N) is 2. The molecule has 1 aromatic heterocycles. The third-order valence-electron chi connectivity index (χ3n) is 2.49. The van der Waals surface area contributed by atoms with E-state index in [0.717, 1.165) is 41.5 Å². The summed E-state index contributed by atoms with van der Waals surface area (Å²) in [4.78, 5) is 17.9. The normalized spacial score (nSPS) is 16.0. The van der Waals surface area contributed by atoms with Gasteiger partial charge >= 0.3 is 0 Å². The number of hydrogen-bond acceptors (Lipinski definition) is 3. The quantitative estimate of drug-likeness (QED) is 0.711. The molecule has 0 radical (unpaired) electrons. The smallest absolute Gasteiger partial charge is 0.242 e. The van der Waals surface area contributed by atoms with Crippen LogP contribution in [0.5, 0.6) is 0 Å². The van der Waals surface area contributed by atoms with Gasteiger partial charge in [0.1, 0.15) is 10.9 Å². The fourth-order valence-corrected chi connectivity index (χ4v) is 2.96. The largest absolute Gasteiger partial charge is 0.301 e. The number of halogens is 1. The highest BCUT2D eigenvalue weighted by molar-refractivity contribution is 7.16. The number of carbonyl (C=O) groups is 1. The van der Waals surface area contributed by atoms with Crippen molar-refractivity contribution in [2.75, 3.05) is 17.3 Å². The Morgan fingerprint density at radius 3 is 3.13 bits per heavy atom. The molecule has 1 amide bonds. The van der Waals surface area contributed by atoms with Gasteiger partial charge in [0.25, 0.3) is 0 Å². The molecule has 2 rings (SSSR count). The molecule has 5 heteroatoms. The lowest BCUT2D eigenvalue weighted by Crippen LogP contribution is -2.31. The van der Waals surface area contributed by atoms with E-state index < -0.39 is 0 Å². The third kappa shape index (κ3) is 2.16. The van der Waals surface area contributed by atoms with Crippen LogP contribution >= 0.6 is 22.9 Å². The number of amides is 1. The second-order valence-electron chi connectivity index (χ2n) is 3.62. The summed E-state index contributed by atoms with van der Waals surface area (Å²) in [5, 5.41) is 2.03. The number of anilines is 1. The first-order valence-electron chi connectivity index (χ1n) is 5.05. The molecule has 0 aliphatic carbocycles. The van der Waals surface area contributed by atoms with E-state index in [4.69, 9.17) is 11.6 Å². The van der Waals surface area contributed by atoms with E-state index in [1.165, 1.54) is 0 Å². The van der Waals surface area contributed by atoms with Gasteiger partial charge in [-0.1, -0.05) is 0 Å². The molecule has 3 nitrogen and oxygen atoms in total. The molecule has 0 saturated carbocycles. The SMILES string of the molecule is Cc1nc2c(s1)N(C(=O)CCl)CCCC2. The van der Waals surface area contributed by atoms with Crippen molar-refractivity contribution < 1.29 is 4.79 Å². The van der Waals surface area contributed by atoms with Crippen molar-refractivity contribution in [1.29, 1.82) is 0 Å². The molecule has 0 bridgehead atoms. The molecule has 1 aliphatic rings. The predicted molar refractivity (Wildman–Crippen MR) is 62.9 cm³/mol. The summed E-state index contributed by atoms with van der Waals surface area (Å²) >= 11 is 7.20. The van der Waals surface area contributed by atoms with E-state index in [2.05, 4.69) is 4.98 Å². The Kier molecular flexibility index (Phi) is 3.26. The van der Waals surface area contributed by atoms with E-state index >= 15 is 0 Å². The highest BCUT2D eigenvalue weighted by Crippen LogP contribution is 2.32. The minimum absolute atomic E-state index is 0.0107. The third-order valence-corrected chi connectivity index (χ3v) is 3.75. The molecule has 0 unspecified atom stereocenters. The van der Waals surface area contributed by atoms with Crippen molar-refractivity contribution in [1.82, 2.24) is 4.98 Å². The van der Waals surface area contributed by atoms with Crippen LogP contribution in [0.25, 0.3) is 0 Å². The molecule has 0 aromatic carbocycles. The second-order valence-corrected chi connectivity index (χ2v) is 5.07. The van der Waals surface area contributed by atoms with Crippen molar-refractivity contribution in [3.63, 3.8) is 0 Å². The first-order valence-corrected chi connectivity index (χ1v) is 6.40. The fourth-order valence-electron chi connectivity index (χ4n) is 1.81. The fraction of sp³-hybridized carbons (Fsp3) is 0.600. The maximum atomic E-state index is 11.7. The lowest BCUT2D eigenvalue weighted by Gasteiger charge is -2.18. The Hall–Kier alpha value is -0.610. The molecule has 0 atom stereocenters. The van der Waals surface area contributed by atoms with Crippen LogP contribution in [0.2, 0.25) is 0 Å². The van der Waals surface area contributed by atoms with E-state index in [9.17, 15) is 4.79 Å². The van der Waals surface area contributed by atoms with E-state index in [1.54, 1.807) is 16.2 Å². The van der Waals surface area contributed by atoms with Crippen LogP contribution < -0.4 is 4.90 Å². The van der Waals surface area contributed by atoms with Crippen molar-refractivity contribution in [3.05, 3.63) is 10.7 Å². The molecule has 0 N–H and O–H groups in total. The number of aryl methyl sites for hydroxylation is 2. The molecule has 15 heavy (non-hydrogen) atoms. The van der Waals surface area contributed by atoms with Gasteiger partial charge < -0.3 is 4.90 Å². The zero-order chi connectivity index (χ0) is 10.8. The number of aromatic nitrogens is 1. The van der Waals surface area contributed by atoms with Gasteiger partial charge in [0.2, 0.25) is 5.91 Å². The molecule has 0 saturated heterocycles. The Bertz CT molecular complexity index is 377. The number of carbonyl (C=O) groups excluding carboxylic acids is 1. The zero-order valence-corrected chi connectivity index (χ0v) is 10.2. The number of hydrogen-bond donors (Lipinski definition) is 0. The molecule has 1 aliphatic heterocycles. The summed E-state index contributed by atoms with van der Waals surface area (Å²) < 4.78 is 0. The van der Waals surface area contributed by atoms with Crippen LogP contribution in [-0.4, -0.2) is 23.3 Å². The van der Waals surface area contributed by atoms with Gasteiger partial charge in [0.15, 0.2) is 0 Å². The Morgan fingerprint density at radius 1 is 1.60 bits per heavy atom. The van der Waals surface area contributed by atoms with Crippen molar-refractivity contribution in [2.45, 2.75) is 26.2 Å². The van der Waals surface area contributed by atoms with Crippen LogP contribution in [0.3, 0.4) is 0 Å². The summed E-state index contributed by atoms with van der Waals surface area (Å²) in [7, 11) is 0. The number of fused-ring (bicyclic) bond motifs is 1. The monoisotopic (exact) mass is 244 g/mol. The summed E-state index contributed by atoms with van der Waals surface area (Å²) in [6, 6.07) is 0. The maximum Gasteiger partial charge on any atom is 0.242 e. The van der Waals surface area contributed by atoms with Crippen LogP contribution in [0.4, 0.5) is 5.00 Å². The maximum absolute atomic E-state index is 11.7. The lowest BCUT2D eigenvalue weighted by atomic mass is 10.2. The molecule has 1 aromatic rings. The van der Waals surface area contributed by atoms with Gasteiger partial charge in [0.05, 0.1) is 10.7 Å². The van der Waals surface area contributed by atoms with Gasteiger partial charge in [-0.15, -0.1) is 22.9 Å². The highest BCUT2D eigenvalue weighted by atomic mass is 35.5. The molecule has 2 heterocycles. The Balaban J connectivity index is 2.36. The first kappa shape index (κ1) is 10.9. The Labute approximate surface area is 98.1 Å². The van der Waals surface area contributed by atoms with Crippen LogP contribution in [0.15, 0.2) is 0 Å². The highest BCUT2D eigenvalue weighted by Gasteiger charge is 2.23. The number of alkyl halides is 1. The summed E-state index contributed by atoms with van der Waals surface area (Å²) in [6.07, 6.45) is 3.11. The summed E-state index contributed by atoms with van der Waals surface area (Å²) in [6.45, 7) is 2.75. The van der Waals surface area contributed by atoms with E-state index in [0.29, 0.717) is 0 Å². The zero-order valence-electron chi connectivity index (χ0n) is 8.62. The van der Waals surface area contributed by atoms with Gasteiger partial charge in [-0.3, -0.25) is 4.79 Å². The molecular weight excluding hydrogens is 232 g/mol. The van der Waals surface area contributed by atoms with Crippen molar-refractivity contribution in [3.8, 4) is 0 Å². The van der Waals surface area contributed by atoms with Gasteiger partial charge in [-0.2, -0.15) is 0 Å². The van der Waals surface area contributed by atoms with Gasteiger partial charge in [-0.25, -0.2) is 4.98 Å². The van der Waals surface area contributed by atoms with Gasteiger partial charge in [0, 0.05) is 6.54 Å². The van der Waals surface area contributed by atoms with Crippen molar-refractivity contribution in [2.24, 2.45) is 0 Å². The van der Waals surface area contributed by atoms with E-state index in [-0.39, 0.29) is 11.8 Å². The van der Waals surface area contributed by atoms with Crippen LogP contribution in [0.1, 0.15) is 23.5 Å². The predicted octanol–water partition coefficient (Wildman–Crippen LogP) is 2.36. The second kappa shape index (κ2) is 4.49. The molecule has 0 fully saturated rings. The summed E-state index contributed by atoms with van der Waals surface area (Å²) in [5.41, 5.74) is 1.06. The minimum Gasteiger partial charge on any atom is -0.301 e.